The maximum Gasteiger partial charge on any atom is 0.258 e. The number of hydrogen-bond donors (Lipinski definition) is 1. The molecule has 0 fully saturated rings. The largest absolute Gasteiger partial charge is 0.366 e. The molecule has 138 valence electrons. The van der Waals surface area contributed by atoms with Crippen molar-refractivity contribution in [1.82, 2.24) is 9.78 Å². The highest BCUT2D eigenvalue weighted by Gasteiger charge is 2.15. The molecule has 1 aromatic heterocycles. The van der Waals surface area contributed by atoms with Crippen LogP contribution in [-0.2, 0) is 0 Å². The van der Waals surface area contributed by atoms with Crippen molar-refractivity contribution in [3.63, 3.8) is 0 Å². The van der Waals surface area contributed by atoms with Crippen molar-refractivity contribution in [3.05, 3.63) is 76.1 Å². The quantitative estimate of drug-likeness (QED) is 0.749. The van der Waals surface area contributed by atoms with Crippen molar-refractivity contribution in [2.75, 3.05) is 11.9 Å². The third-order valence-corrected chi connectivity index (χ3v) is 4.95. The second kappa shape index (κ2) is 7.25. The predicted octanol–water partition coefficient (Wildman–Crippen LogP) is 3.52. The van der Waals surface area contributed by atoms with E-state index in [1.807, 2.05) is 26.0 Å². The van der Waals surface area contributed by atoms with E-state index in [1.165, 1.54) is 4.90 Å². The zero-order valence-electron chi connectivity index (χ0n) is 15.2. The van der Waals surface area contributed by atoms with Crippen molar-refractivity contribution in [1.29, 1.82) is 0 Å². The van der Waals surface area contributed by atoms with Gasteiger partial charge < -0.3 is 10.6 Å². The number of nitrogens with zero attached hydrogens (tertiary/aromatic N) is 3. The lowest BCUT2D eigenvalue weighted by Crippen LogP contribution is -2.26. The fourth-order valence-electron chi connectivity index (χ4n) is 2.78. The van der Waals surface area contributed by atoms with Crippen LogP contribution in [0.3, 0.4) is 0 Å². The molecule has 0 aliphatic heterocycles. The van der Waals surface area contributed by atoms with Crippen molar-refractivity contribution in [2.45, 2.75) is 13.8 Å². The SMILES string of the molecule is Cc1nn(-c2ccc(C(=O)N(C)c3ccc(C(N)=O)cc3)cc2)c(C)c1Cl. The van der Waals surface area contributed by atoms with E-state index >= 15 is 0 Å². The number of amides is 2. The maximum absolute atomic E-state index is 12.7. The van der Waals surface area contributed by atoms with E-state index in [4.69, 9.17) is 17.3 Å². The van der Waals surface area contributed by atoms with Gasteiger partial charge in [-0.15, -0.1) is 0 Å². The van der Waals surface area contributed by atoms with Gasteiger partial charge in [0.2, 0.25) is 5.91 Å². The van der Waals surface area contributed by atoms with Gasteiger partial charge in [-0.2, -0.15) is 5.10 Å². The summed E-state index contributed by atoms with van der Waals surface area (Å²) in [6, 6.07) is 13.7. The van der Waals surface area contributed by atoms with Crippen LogP contribution in [0.2, 0.25) is 5.02 Å². The number of rotatable bonds is 4. The van der Waals surface area contributed by atoms with Crippen LogP contribution in [0.1, 0.15) is 32.1 Å². The fourth-order valence-corrected chi connectivity index (χ4v) is 2.90. The molecule has 0 spiro atoms. The van der Waals surface area contributed by atoms with Crippen molar-refractivity contribution in [2.24, 2.45) is 5.73 Å². The molecule has 7 heteroatoms. The van der Waals surface area contributed by atoms with E-state index in [-0.39, 0.29) is 5.91 Å². The van der Waals surface area contributed by atoms with Gasteiger partial charge >= 0.3 is 0 Å². The number of halogens is 1. The number of hydrogen-bond acceptors (Lipinski definition) is 3. The molecule has 0 atom stereocenters. The summed E-state index contributed by atoms with van der Waals surface area (Å²) < 4.78 is 1.75. The fraction of sp³-hybridized carbons (Fsp3) is 0.150. The first-order valence-corrected chi connectivity index (χ1v) is 8.67. The number of benzene rings is 2. The summed E-state index contributed by atoms with van der Waals surface area (Å²) in [5, 5.41) is 5.04. The molecule has 3 rings (SSSR count). The normalized spacial score (nSPS) is 10.7. The zero-order chi connectivity index (χ0) is 19.7. The Hall–Kier alpha value is -3.12. The lowest BCUT2D eigenvalue weighted by molar-refractivity contribution is 0.0989. The average molecular weight is 383 g/mol. The summed E-state index contributed by atoms with van der Waals surface area (Å²) in [7, 11) is 1.68. The summed E-state index contributed by atoms with van der Waals surface area (Å²) in [5.74, 6) is -0.671. The number of nitrogens with two attached hydrogens (primary N) is 1. The van der Waals surface area contributed by atoms with Crippen LogP contribution in [0.5, 0.6) is 0 Å². The van der Waals surface area contributed by atoms with E-state index < -0.39 is 5.91 Å². The van der Waals surface area contributed by atoms with E-state index in [9.17, 15) is 9.59 Å². The van der Waals surface area contributed by atoms with E-state index in [0.29, 0.717) is 21.8 Å². The minimum absolute atomic E-state index is 0.167. The second-order valence-corrected chi connectivity index (χ2v) is 6.60. The van der Waals surface area contributed by atoms with Gasteiger partial charge in [-0.3, -0.25) is 9.59 Å². The first-order valence-electron chi connectivity index (χ1n) is 8.29. The van der Waals surface area contributed by atoms with Crippen LogP contribution in [-0.4, -0.2) is 28.6 Å². The molecule has 2 amide bonds. The Kier molecular flexibility index (Phi) is 5.01. The van der Waals surface area contributed by atoms with Gasteiger partial charge in [0, 0.05) is 23.9 Å². The number of aromatic nitrogens is 2. The Morgan fingerprint density at radius 3 is 2.04 bits per heavy atom. The van der Waals surface area contributed by atoms with Gasteiger partial charge in [0.15, 0.2) is 0 Å². The van der Waals surface area contributed by atoms with Crippen molar-refractivity contribution < 1.29 is 9.59 Å². The van der Waals surface area contributed by atoms with Crippen LogP contribution in [0, 0.1) is 13.8 Å². The first-order chi connectivity index (χ1) is 12.8. The Morgan fingerprint density at radius 1 is 1.00 bits per heavy atom. The molecule has 3 aromatic rings. The molecule has 2 N–H and O–H groups in total. The van der Waals surface area contributed by atoms with Crippen LogP contribution in [0.4, 0.5) is 5.69 Å². The van der Waals surface area contributed by atoms with Gasteiger partial charge in [0.25, 0.3) is 5.91 Å². The molecule has 1 heterocycles. The van der Waals surface area contributed by atoms with Crippen LogP contribution >= 0.6 is 11.6 Å². The van der Waals surface area contributed by atoms with E-state index in [1.54, 1.807) is 48.1 Å². The zero-order valence-corrected chi connectivity index (χ0v) is 16.0. The number of anilines is 1. The Morgan fingerprint density at radius 2 is 1.56 bits per heavy atom. The van der Waals surface area contributed by atoms with Gasteiger partial charge in [-0.1, -0.05) is 11.6 Å². The highest BCUT2D eigenvalue weighted by atomic mass is 35.5. The lowest BCUT2D eigenvalue weighted by atomic mass is 10.1. The molecule has 2 aromatic carbocycles. The van der Waals surface area contributed by atoms with Gasteiger partial charge in [-0.25, -0.2) is 4.68 Å². The van der Waals surface area contributed by atoms with Gasteiger partial charge in [0.05, 0.1) is 22.1 Å². The molecule has 6 nitrogen and oxygen atoms in total. The standard InChI is InChI=1S/C20H19ClN4O2/c1-12-18(21)13(2)25(23-12)17-10-6-15(7-11-17)20(27)24(3)16-8-4-14(5-9-16)19(22)26/h4-11H,1-3H3,(H2,22,26). The molecule has 27 heavy (non-hydrogen) atoms. The average Bonchev–Trinajstić information content (AvgIpc) is 2.94. The molecular weight excluding hydrogens is 364 g/mol. The minimum atomic E-state index is -0.504. The monoisotopic (exact) mass is 382 g/mol. The second-order valence-electron chi connectivity index (χ2n) is 6.22. The Bertz CT molecular complexity index is 1010. The van der Waals surface area contributed by atoms with Crippen molar-refractivity contribution >= 4 is 29.1 Å². The number of aryl methyl sites for hydroxylation is 1. The van der Waals surface area contributed by atoms with Crippen molar-refractivity contribution in [3.8, 4) is 5.69 Å². The lowest BCUT2D eigenvalue weighted by Gasteiger charge is -2.18. The highest BCUT2D eigenvalue weighted by molar-refractivity contribution is 6.31. The summed E-state index contributed by atoms with van der Waals surface area (Å²) in [4.78, 5) is 25.4. The summed E-state index contributed by atoms with van der Waals surface area (Å²) in [6.45, 7) is 3.74. The Labute approximate surface area is 162 Å². The summed E-state index contributed by atoms with van der Waals surface area (Å²) in [6.07, 6.45) is 0. The third kappa shape index (κ3) is 3.57. The summed E-state index contributed by atoms with van der Waals surface area (Å²) in [5.41, 5.74) is 9.27. The van der Waals surface area contributed by atoms with E-state index in [0.717, 1.165) is 17.1 Å². The number of primary amides is 1. The molecule has 0 bridgehead atoms. The van der Waals surface area contributed by atoms with Crippen LogP contribution in [0.25, 0.3) is 5.69 Å². The molecular formula is C20H19ClN4O2. The first kappa shape index (κ1) is 18.7. The van der Waals surface area contributed by atoms with Gasteiger partial charge in [-0.05, 0) is 62.4 Å². The molecule has 0 unspecified atom stereocenters. The summed E-state index contributed by atoms with van der Waals surface area (Å²) >= 11 is 6.20. The van der Waals surface area contributed by atoms with Crippen LogP contribution in [0.15, 0.2) is 48.5 Å². The highest BCUT2D eigenvalue weighted by Crippen LogP contribution is 2.23. The van der Waals surface area contributed by atoms with Gasteiger partial charge in [0.1, 0.15) is 0 Å². The smallest absolute Gasteiger partial charge is 0.258 e. The Balaban J connectivity index is 1.82. The predicted molar refractivity (Wildman–Crippen MR) is 106 cm³/mol. The minimum Gasteiger partial charge on any atom is -0.366 e. The molecule has 0 saturated carbocycles. The van der Waals surface area contributed by atoms with E-state index in [2.05, 4.69) is 5.10 Å². The third-order valence-electron chi connectivity index (χ3n) is 4.41. The number of carbonyl (C=O) groups excluding carboxylic acids is 2. The molecule has 0 saturated heterocycles. The molecule has 0 aliphatic carbocycles. The maximum atomic E-state index is 12.7. The van der Waals surface area contributed by atoms with Crippen LogP contribution < -0.4 is 10.6 Å². The number of carbonyl (C=O) groups is 2. The topological polar surface area (TPSA) is 81.2 Å². The molecule has 0 radical (unpaired) electrons. The molecule has 0 aliphatic rings.